The molecule has 1 unspecified atom stereocenters. The summed E-state index contributed by atoms with van der Waals surface area (Å²) in [6, 6.07) is 13.1. The van der Waals surface area contributed by atoms with Crippen LogP contribution in [0.3, 0.4) is 0 Å². The molecule has 3 rings (SSSR count). The van der Waals surface area contributed by atoms with Crippen LogP contribution in [-0.2, 0) is 25.3 Å². The number of nitrogens with one attached hydrogen (secondary N) is 2. The Morgan fingerprint density at radius 1 is 1.03 bits per heavy atom. The van der Waals surface area contributed by atoms with Crippen molar-refractivity contribution in [3.05, 3.63) is 65.2 Å². The first-order valence-corrected chi connectivity index (χ1v) is 10.8. The molecule has 8 nitrogen and oxygen atoms in total. The predicted octanol–water partition coefficient (Wildman–Crippen LogP) is 3.57. The van der Waals surface area contributed by atoms with Gasteiger partial charge in [-0.05, 0) is 54.7 Å². The fraction of sp³-hybridized carbons (Fsp3) is 0.360. The standard InChI is InChI=1S/C25H29N3O5/c1-6-33-21(30)16-7-13-19(14-8-16)26-20(29)15-28-22(31)25(5,27-23(28)32)18-11-9-17(10-12-18)24(2,3)4/h7-14H,6,15H2,1-5H3,(H,26,29)(H,27,32). The Labute approximate surface area is 193 Å². The topological polar surface area (TPSA) is 105 Å². The van der Waals surface area contributed by atoms with Crippen LogP contribution in [0.15, 0.2) is 48.5 Å². The molecule has 0 aliphatic carbocycles. The highest BCUT2D eigenvalue weighted by Gasteiger charge is 2.49. The molecule has 0 spiro atoms. The van der Waals surface area contributed by atoms with E-state index in [0.717, 1.165) is 10.5 Å². The Bertz CT molecular complexity index is 1070. The van der Waals surface area contributed by atoms with Gasteiger partial charge < -0.3 is 15.4 Å². The van der Waals surface area contributed by atoms with Crippen LogP contribution in [0.5, 0.6) is 0 Å². The summed E-state index contributed by atoms with van der Waals surface area (Å²) < 4.78 is 4.93. The number of hydrogen-bond donors (Lipinski definition) is 2. The quantitative estimate of drug-likeness (QED) is 0.516. The van der Waals surface area contributed by atoms with Gasteiger partial charge in [0.05, 0.1) is 12.2 Å². The third-order valence-corrected chi connectivity index (χ3v) is 5.58. The number of carbonyl (C=O) groups excluding carboxylic acids is 4. The summed E-state index contributed by atoms with van der Waals surface area (Å²) in [5.74, 6) is -1.48. The van der Waals surface area contributed by atoms with Crippen LogP contribution in [0.4, 0.5) is 10.5 Å². The van der Waals surface area contributed by atoms with E-state index in [2.05, 4.69) is 31.4 Å². The molecule has 0 radical (unpaired) electrons. The third-order valence-electron chi connectivity index (χ3n) is 5.58. The number of urea groups is 1. The van der Waals surface area contributed by atoms with Crippen molar-refractivity contribution in [1.82, 2.24) is 10.2 Å². The van der Waals surface area contributed by atoms with E-state index in [0.29, 0.717) is 16.8 Å². The molecule has 1 aliphatic rings. The normalized spacial score (nSPS) is 18.2. The number of anilines is 1. The van der Waals surface area contributed by atoms with Gasteiger partial charge in [-0.15, -0.1) is 0 Å². The fourth-order valence-corrected chi connectivity index (χ4v) is 3.59. The summed E-state index contributed by atoms with van der Waals surface area (Å²) in [5.41, 5.74) is 1.25. The lowest BCUT2D eigenvalue weighted by Gasteiger charge is -2.24. The second-order valence-corrected chi connectivity index (χ2v) is 9.12. The number of ether oxygens (including phenoxy) is 1. The molecule has 2 aromatic rings. The Morgan fingerprint density at radius 3 is 2.18 bits per heavy atom. The number of benzene rings is 2. The van der Waals surface area contributed by atoms with Crippen molar-refractivity contribution in [2.75, 3.05) is 18.5 Å². The molecule has 1 heterocycles. The molecule has 0 bridgehead atoms. The number of esters is 1. The summed E-state index contributed by atoms with van der Waals surface area (Å²) in [6.07, 6.45) is 0. The number of hydrogen-bond acceptors (Lipinski definition) is 5. The van der Waals surface area contributed by atoms with Crippen molar-refractivity contribution in [1.29, 1.82) is 0 Å². The average Bonchev–Trinajstić information content (AvgIpc) is 2.98. The highest BCUT2D eigenvalue weighted by molar-refractivity contribution is 6.10. The van der Waals surface area contributed by atoms with Crippen LogP contribution in [0.25, 0.3) is 0 Å². The zero-order chi connectivity index (χ0) is 24.4. The lowest BCUT2D eigenvalue weighted by molar-refractivity contribution is -0.133. The molecule has 1 atom stereocenters. The van der Waals surface area contributed by atoms with Crippen LogP contribution < -0.4 is 10.6 Å². The maximum absolute atomic E-state index is 13.1. The maximum atomic E-state index is 13.1. The van der Waals surface area contributed by atoms with Gasteiger partial charge >= 0.3 is 12.0 Å². The van der Waals surface area contributed by atoms with Crippen molar-refractivity contribution >= 4 is 29.5 Å². The Morgan fingerprint density at radius 2 is 1.64 bits per heavy atom. The molecule has 1 fully saturated rings. The van der Waals surface area contributed by atoms with E-state index < -0.39 is 35.9 Å². The molecule has 1 saturated heterocycles. The highest BCUT2D eigenvalue weighted by Crippen LogP contribution is 2.31. The van der Waals surface area contributed by atoms with Crippen LogP contribution >= 0.6 is 0 Å². The van der Waals surface area contributed by atoms with Gasteiger partial charge in [0.2, 0.25) is 5.91 Å². The lowest BCUT2D eigenvalue weighted by Crippen LogP contribution is -2.42. The van der Waals surface area contributed by atoms with E-state index in [1.54, 1.807) is 26.0 Å². The number of rotatable bonds is 6. The van der Waals surface area contributed by atoms with Gasteiger partial charge in [-0.1, -0.05) is 45.0 Å². The van der Waals surface area contributed by atoms with Gasteiger partial charge in [0.25, 0.3) is 5.91 Å². The SMILES string of the molecule is CCOC(=O)c1ccc(NC(=O)CN2C(=O)NC(C)(c3ccc(C(C)(C)C)cc3)C2=O)cc1. The first-order chi connectivity index (χ1) is 15.5. The summed E-state index contributed by atoms with van der Waals surface area (Å²) in [7, 11) is 0. The molecule has 4 amide bonds. The Kier molecular flexibility index (Phi) is 6.58. The molecular weight excluding hydrogens is 422 g/mol. The summed E-state index contributed by atoms with van der Waals surface area (Å²) in [4.78, 5) is 50.8. The molecular formula is C25H29N3O5. The minimum atomic E-state index is -1.25. The van der Waals surface area contributed by atoms with Crippen LogP contribution in [0.2, 0.25) is 0 Å². The Hall–Kier alpha value is -3.68. The van der Waals surface area contributed by atoms with Crippen molar-refractivity contribution in [3.8, 4) is 0 Å². The average molecular weight is 452 g/mol. The molecule has 33 heavy (non-hydrogen) atoms. The second kappa shape index (κ2) is 9.05. The van der Waals surface area contributed by atoms with Gasteiger partial charge in [-0.2, -0.15) is 0 Å². The lowest BCUT2D eigenvalue weighted by atomic mass is 9.84. The first kappa shape index (κ1) is 24.0. The largest absolute Gasteiger partial charge is 0.462 e. The van der Waals surface area contributed by atoms with Gasteiger partial charge in [0.15, 0.2) is 0 Å². The second-order valence-electron chi connectivity index (χ2n) is 9.12. The van der Waals surface area contributed by atoms with E-state index in [9.17, 15) is 19.2 Å². The zero-order valence-corrected chi connectivity index (χ0v) is 19.5. The van der Waals surface area contributed by atoms with Gasteiger partial charge in [-0.25, -0.2) is 9.59 Å². The first-order valence-electron chi connectivity index (χ1n) is 10.8. The minimum absolute atomic E-state index is 0.0407. The molecule has 0 saturated carbocycles. The number of amides is 4. The Balaban J connectivity index is 1.68. The molecule has 0 aromatic heterocycles. The zero-order valence-electron chi connectivity index (χ0n) is 19.5. The van der Waals surface area contributed by atoms with Crippen LogP contribution in [-0.4, -0.2) is 41.9 Å². The van der Waals surface area contributed by atoms with Gasteiger partial charge in [-0.3, -0.25) is 14.5 Å². The molecule has 1 aliphatic heterocycles. The maximum Gasteiger partial charge on any atom is 0.338 e. The van der Waals surface area contributed by atoms with E-state index in [4.69, 9.17) is 4.74 Å². The van der Waals surface area contributed by atoms with Crippen molar-refractivity contribution < 1.29 is 23.9 Å². The van der Waals surface area contributed by atoms with Crippen molar-refractivity contribution in [2.45, 2.75) is 45.6 Å². The number of imide groups is 1. The van der Waals surface area contributed by atoms with Crippen molar-refractivity contribution in [2.24, 2.45) is 0 Å². The number of nitrogens with zero attached hydrogens (tertiary/aromatic N) is 1. The summed E-state index contributed by atoms with van der Waals surface area (Å²) >= 11 is 0. The van der Waals surface area contributed by atoms with Crippen molar-refractivity contribution in [3.63, 3.8) is 0 Å². The predicted molar refractivity (Wildman–Crippen MR) is 124 cm³/mol. The fourth-order valence-electron chi connectivity index (χ4n) is 3.59. The number of carbonyl (C=O) groups is 4. The van der Waals surface area contributed by atoms with Gasteiger partial charge in [0, 0.05) is 5.69 Å². The third kappa shape index (κ3) is 5.05. The summed E-state index contributed by atoms with van der Waals surface area (Å²) in [6.45, 7) is 9.47. The molecule has 8 heteroatoms. The van der Waals surface area contributed by atoms with E-state index in [-0.39, 0.29) is 12.0 Å². The van der Waals surface area contributed by atoms with E-state index in [1.165, 1.54) is 12.1 Å². The van der Waals surface area contributed by atoms with Gasteiger partial charge in [0.1, 0.15) is 12.1 Å². The van der Waals surface area contributed by atoms with E-state index in [1.807, 2.05) is 24.3 Å². The van der Waals surface area contributed by atoms with E-state index >= 15 is 0 Å². The minimum Gasteiger partial charge on any atom is -0.462 e. The summed E-state index contributed by atoms with van der Waals surface area (Å²) in [5, 5.41) is 5.35. The van der Waals surface area contributed by atoms with Crippen LogP contribution in [0.1, 0.15) is 56.1 Å². The molecule has 2 aromatic carbocycles. The molecule has 2 N–H and O–H groups in total. The smallest absolute Gasteiger partial charge is 0.338 e. The monoisotopic (exact) mass is 451 g/mol. The highest BCUT2D eigenvalue weighted by atomic mass is 16.5. The molecule has 174 valence electrons. The van der Waals surface area contributed by atoms with Crippen LogP contribution in [0, 0.1) is 0 Å².